The van der Waals surface area contributed by atoms with Gasteiger partial charge < -0.3 is 4.74 Å². The van der Waals surface area contributed by atoms with E-state index in [0.717, 1.165) is 11.1 Å². The van der Waals surface area contributed by atoms with Gasteiger partial charge in [-0.25, -0.2) is 12.9 Å². The van der Waals surface area contributed by atoms with E-state index in [-0.39, 0.29) is 5.56 Å². The number of hydrogen-bond acceptors (Lipinski definition) is 5. The monoisotopic (exact) mass is 539 g/mol. The zero-order chi connectivity index (χ0) is 26.1. The molecule has 0 amide bonds. The van der Waals surface area contributed by atoms with Crippen LogP contribution in [-0.2, 0) is 24.1 Å². The van der Waals surface area contributed by atoms with Crippen LogP contribution in [0.3, 0.4) is 0 Å². The molecule has 5 rings (SSSR count). The van der Waals surface area contributed by atoms with Gasteiger partial charge in [-0.3, -0.25) is 14.1 Å². The van der Waals surface area contributed by atoms with E-state index in [1.54, 1.807) is 40.7 Å². The van der Waals surface area contributed by atoms with E-state index in [2.05, 4.69) is 14.9 Å². The molecule has 0 bridgehead atoms. The van der Waals surface area contributed by atoms with Crippen molar-refractivity contribution in [2.45, 2.75) is 19.9 Å². The van der Waals surface area contributed by atoms with Crippen LogP contribution in [0.5, 0.6) is 5.75 Å². The van der Waals surface area contributed by atoms with Gasteiger partial charge in [-0.1, -0.05) is 29.8 Å². The van der Waals surface area contributed by atoms with Crippen LogP contribution >= 0.6 is 11.6 Å². The van der Waals surface area contributed by atoms with Gasteiger partial charge >= 0.3 is 0 Å². The van der Waals surface area contributed by atoms with Crippen LogP contribution in [0.2, 0.25) is 5.02 Å². The highest BCUT2D eigenvalue weighted by atomic mass is 35.5. The van der Waals surface area contributed by atoms with E-state index >= 15 is 4.39 Å². The lowest BCUT2D eigenvalue weighted by molar-refractivity contribution is 0.403. The minimum absolute atomic E-state index is 0.302. The highest BCUT2D eigenvalue weighted by Crippen LogP contribution is 2.35. The first-order valence-corrected chi connectivity index (χ1v) is 12.9. The molecule has 190 valence electrons. The first kappa shape index (κ1) is 25.1. The maximum atomic E-state index is 15.4. The fourth-order valence-corrected chi connectivity index (χ4v) is 5.42. The second-order valence-corrected chi connectivity index (χ2v) is 10.1. The van der Waals surface area contributed by atoms with E-state index in [1.165, 1.54) is 30.0 Å². The molecular formula is C26H23ClFN5O3S. The number of hydrogen-bond donors (Lipinski definition) is 1. The Bertz CT molecular complexity index is 1560. The first-order valence-electron chi connectivity index (χ1n) is 11.4. The van der Waals surface area contributed by atoms with Crippen molar-refractivity contribution in [2.24, 2.45) is 0 Å². The Morgan fingerprint density at radius 3 is 2.73 bits per heavy atom. The molecule has 2 aromatic heterocycles. The van der Waals surface area contributed by atoms with Crippen LogP contribution in [0.15, 0.2) is 65.6 Å². The number of fused-ring (bicyclic) bond motifs is 1. The highest BCUT2D eigenvalue weighted by molar-refractivity contribution is 7.84. The van der Waals surface area contributed by atoms with Crippen molar-refractivity contribution in [3.05, 3.63) is 98.8 Å². The van der Waals surface area contributed by atoms with Crippen LogP contribution in [0.4, 0.5) is 10.2 Å². The molecule has 1 aliphatic rings. The molecule has 4 aromatic rings. The van der Waals surface area contributed by atoms with Crippen LogP contribution in [0.1, 0.15) is 16.8 Å². The van der Waals surface area contributed by atoms with Crippen molar-refractivity contribution in [3.63, 3.8) is 0 Å². The van der Waals surface area contributed by atoms with Crippen molar-refractivity contribution in [1.29, 1.82) is 0 Å². The van der Waals surface area contributed by atoms with Crippen LogP contribution < -0.4 is 15.0 Å². The third-order valence-electron chi connectivity index (χ3n) is 6.22. The number of ether oxygens (including phenoxy) is 1. The molecule has 1 aliphatic heterocycles. The summed E-state index contributed by atoms with van der Waals surface area (Å²) in [6.07, 6.45) is 1.95. The number of nitrogens with one attached hydrogen (secondary N) is 1. The Morgan fingerprint density at radius 1 is 1.16 bits per heavy atom. The second-order valence-electron chi connectivity index (χ2n) is 8.52. The lowest BCUT2D eigenvalue weighted by atomic mass is 10.0. The lowest BCUT2D eigenvalue weighted by Gasteiger charge is -2.29. The van der Waals surface area contributed by atoms with Gasteiger partial charge in [0, 0.05) is 54.1 Å². The second kappa shape index (κ2) is 10.4. The molecular weight excluding hydrogens is 517 g/mol. The summed E-state index contributed by atoms with van der Waals surface area (Å²) in [7, 11) is 1.48. The molecule has 0 fully saturated rings. The van der Waals surface area contributed by atoms with E-state index in [1.807, 2.05) is 13.0 Å². The number of halogens is 2. The topological polar surface area (TPSA) is 89.4 Å². The van der Waals surface area contributed by atoms with E-state index in [9.17, 15) is 9.00 Å². The minimum atomic E-state index is -1.56. The molecule has 11 heteroatoms. The average molecular weight is 540 g/mol. The van der Waals surface area contributed by atoms with Crippen molar-refractivity contribution < 1.29 is 13.3 Å². The van der Waals surface area contributed by atoms with Crippen LogP contribution in [-0.4, -0.2) is 36.9 Å². The molecule has 37 heavy (non-hydrogen) atoms. The number of rotatable bonds is 6. The van der Waals surface area contributed by atoms with Crippen LogP contribution in [0, 0.1) is 12.7 Å². The Labute approximate surface area is 220 Å². The van der Waals surface area contributed by atoms with E-state index < -0.39 is 17.0 Å². The van der Waals surface area contributed by atoms with E-state index in [0.29, 0.717) is 58.6 Å². The molecule has 0 aliphatic carbocycles. The van der Waals surface area contributed by atoms with Gasteiger partial charge in [0.1, 0.15) is 11.6 Å². The molecule has 0 spiro atoms. The van der Waals surface area contributed by atoms with Gasteiger partial charge in [-0.2, -0.15) is 5.10 Å². The van der Waals surface area contributed by atoms with Gasteiger partial charge in [0.15, 0.2) is 17.0 Å². The maximum absolute atomic E-state index is 15.4. The quantitative estimate of drug-likeness (QED) is 0.391. The summed E-state index contributed by atoms with van der Waals surface area (Å²) < 4.78 is 39.9. The number of benzene rings is 2. The number of aromatic nitrogens is 3. The molecule has 8 nitrogen and oxygen atoms in total. The van der Waals surface area contributed by atoms with Gasteiger partial charge in [-0.15, -0.1) is 5.10 Å². The van der Waals surface area contributed by atoms with E-state index in [4.69, 9.17) is 16.3 Å². The Balaban J connectivity index is 1.51. The predicted molar refractivity (Wildman–Crippen MR) is 142 cm³/mol. The zero-order valence-electron chi connectivity index (χ0n) is 20.1. The standard InChI is InChI=1S/C26H23ClFN5O3S/c1-16-5-6-17(12-20(16)27)19-13-24(36-2)23(14-21(19)28)33-22-9-11-32(15-18(22)7-8-26(33)34)37(35)31-25-4-3-10-29-30-25/h3-8,10,12-14H,9,11,15H2,1-2H3,(H,30,31). The van der Waals surface area contributed by atoms with Crippen molar-refractivity contribution in [1.82, 2.24) is 19.1 Å². The minimum Gasteiger partial charge on any atom is -0.495 e. The van der Waals surface area contributed by atoms with Gasteiger partial charge in [-0.05, 0) is 47.9 Å². The largest absolute Gasteiger partial charge is 0.495 e. The predicted octanol–water partition coefficient (Wildman–Crippen LogP) is 4.45. The molecule has 2 aromatic carbocycles. The summed E-state index contributed by atoms with van der Waals surface area (Å²) in [5.41, 5.74) is 3.32. The molecule has 1 atom stereocenters. The third kappa shape index (κ3) is 5.00. The number of pyridine rings is 1. The molecule has 1 N–H and O–H groups in total. The number of nitrogens with zero attached hydrogens (tertiary/aromatic N) is 4. The van der Waals surface area contributed by atoms with Gasteiger partial charge in [0.2, 0.25) is 0 Å². The fraction of sp³-hybridized carbons (Fsp3) is 0.192. The summed E-state index contributed by atoms with van der Waals surface area (Å²) in [5.74, 6) is 0.234. The Hall–Kier alpha value is -3.60. The summed E-state index contributed by atoms with van der Waals surface area (Å²) in [4.78, 5) is 13.0. The van der Waals surface area contributed by atoms with Crippen LogP contribution in [0.25, 0.3) is 16.8 Å². The molecule has 3 heterocycles. The number of methoxy groups -OCH3 is 1. The Kier molecular flexibility index (Phi) is 7.05. The maximum Gasteiger partial charge on any atom is 0.255 e. The van der Waals surface area contributed by atoms with Crippen molar-refractivity contribution in [3.8, 4) is 22.6 Å². The normalized spacial score (nSPS) is 14.2. The van der Waals surface area contributed by atoms with Crippen molar-refractivity contribution >= 4 is 28.6 Å². The molecule has 0 saturated heterocycles. The number of aryl methyl sites for hydroxylation is 1. The van der Waals surface area contributed by atoms with Gasteiger partial charge in [0.05, 0.1) is 12.8 Å². The molecule has 1 unspecified atom stereocenters. The SMILES string of the molecule is COc1cc(-c2ccc(C)c(Cl)c2)c(F)cc1-n1c2c(ccc1=O)CN(S(=O)Nc1cccnn1)CC2. The molecule has 0 saturated carbocycles. The summed E-state index contributed by atoms with van der Waals surface area (Å²) in [5, 5.41) is 8.22. The van der Waals surface area contributed by atoms with Crippen molar-refractivity contribution in [2.75, 3.05) is 18.4 Å². The summed E-state index contributed by atoms with van der Waals surface area (Å²) >= 11 is 4.70. The number of anilines is 1. The smallest absolute Gasteiger partial charge is 0.255 e. The van der Waals surface area contributed by atoms with Gasteiger partial charge in [0.25, 0.3) is 5.56 Å². The lowest BCUT2D eigenvalue weighted by Crippen LogP contribution is -2.38. The Morgan fingerprint density at radius 2 is 2.00 bits per heavy atom. The first-order chi connectivity index (χ1) is 17.9. The summed E-state index contributed by atoms with van der Waals surface area (Å²) in [6.45, 7) is 2.60. The average Bonchev–Trinajstić information content (AvgIpc) is 2.90. The third-order valence-corrected chi connectivity index (χ3v) is 7.80. The summed E-state index contributed by atoms with van der Waals surface area (Å²) in [6, 6.07) is 14.7. The molecule has 0 radical (unpaired) electrons. The fourth-order valence-electron chi connectivity index (χ4n) is 4.31. The zero-order valence-corrected chi connectivity index (χ0v) is 21.6. The highest BCUT2D eigenvalue weighted by Gasteiger charge is 2.26.